The zero-order chi connectivity index (χ0) is 17.2. The average Bonchev–Trinajstić information content (AvgIpc) is 2.51. The van der Waals surface area contributed by atoms with Gasteiger partial charge in [0, 0.05) is 25.8 Å². The molecule has 0 fully saturated rings. The number of methoxy groups -OCH3 is 2. The molecule has 1 N–H and O–H groups in total. The molecule has 0 spiro atoms. The van der Waals surface area contributed by atoms with Crippen LogP contribution in [0.2, 0.25) is 0 Å². The Morgan fingerprint density at radius 2 is 1.96 bits per heavy atom. The van der Waals surface area contributed by atoms with Gasteiger partial charge in [-0.3, -0.25) is 4.79 Å². The van der Waals surface area contributed by atoms with Gasteiger partial charge in [0.05, 0.1) is 13.2 Å². The van der Waals surface area contributed by atoms with E-state index in [1.807, 2.05) is 39.0 Å². The molecule has 0 radical (unpaired) electrons. The molecule has 0 saturated heterocycles. The predicted octanol–water partition coefficient (Wildman–Crippen LogP) is 3.04. The first-order chi connectivity index (χ1) is 11.0. The maximum atomic E-state index is 11.9. The number of carbonyl (C=O) groups is 1. The first-order valence-corrected chi connectivity index (χ1v) is 7.78. The van der Waals surface area contributed by atoms with Crippen LogP contribution in [0, 0.1) is 0 Å². The summed E-state index contributed by atoms with van der Waals surface area (Å²) in [6.45, 7) is 6.50. The minimum atomic E-state index is -0.130. The summed E-state index contributed by atoms with van der Waals surface area (Å²) in [5.41, 5.74) is 0.873. The fourth-order valence-corrected chi connectivity index (χ4v) is 1.97. The maximum absolute atomic E-state index is 11.9. The van der Waals surface area contributed by atoms with Crippen molar-refractivity contribution in [2.75, 3.05) is 20.8 Å². The van der Waals surface area contributed by atoms with Gasteiger partial charge in [-0.2, -0.15) is 0 Å². The molecule has 1 aromatic rings. The smallest absolute Gasteiger partial charge is 0.244 e. The number of hydrogen-bond acceptors (Lipinski definition) is 4. The molecule has 1 rings (SSSR count). The summed E-state index contributed by atoms with van der Waals surface area (Å²) in [7, 11) is 3.24. The molecule has 0 bridgehead atoms. The number of ether oxygens (including phenoxy) is 3. The Morgan fingerprint density at radius 1 is 1.22 bits per heavy atom. The highest BCUT2D eigenvalue weighted by molar-refractivity contribution is 5.91. The quantitative estimate of drug-likeness (QED) is 0.710. The summed E-state index contributed by atoms with van der Waals surface area (Å²) in [6.07, 6.45) is 4.12. The Balaban J connectivity index is 2.67. The van der Waals surface area contributed by atoms with Crippen LogP contribution in [0.4, 0.5) is 0 Å². The zero-order valence-corrected chi connectivity index (χ0v) is 14.6. The lowest BCUT2D eigenvalue weighted by Gasteiger charge is -2.14. The Hall–Kier alpha value is -2.01. The normalized spacial score (nSPS) is 12.4. The van der Waals surface area contributed by atoms with E-state index in [-0.39, 0.29) is 18.1 Å². The van der Waals surface area contributed by atoms with E-state index in [0.717, 1.165) is 12.0 Å². The summed E-state index contributed by atoms with van der Waals surface area (Å²) in [4.78, 5) is 11.9. The van der Waals surface area contributed by atoms with Crippen molar-refractivity contribution in [3.8, 4) is 11.5 Å². The Morgan fingerprint density at radius 3 is 2.57 bits per heavy atom. The highest BCUT2D eigenvalue weighted by Crippen LogP contribution is 2.29. The van der Waals surface area contributed by atoms with E-state index in [9.17, 15) is 4.79 Å². The van der Waals surface area contributed by atoms with E-state index in [1.54, 1.807) is 20.3 Å². The average molecular weight is 321 g/mol. The molecular formula is C18H27NO4. The van der Waals surface area contributed by atoms with Gasteiger partial charge in [-0.25, -0.2) is 0 Å². The van der Waals surface area contributed by atoms with Crippen molar-refractivity contribution in [1.29, 1.82) is 0 Å². The van der Waals surface area contributed by atoms with E-state index in [4.69, 9.17) is 14.2 Å². The first-order valence-electron chi connectivity index (χ1n) is 7.78. The van der Waals surface area contributed by atoms with Gasteiger partial charge in [0.15, 0.2) is 11.5 Å². The Bertz CT molecular complexity index is 526. The van der Waals surface area contributed by atoms with Gasteiger partial charge >= 0.3 is 0 Å². The monoisotopic (exact) mass is 321 g/mol. The Kier molecular flexibility index (Phi) is 8.19. The topological polar surface area (TPSA) is 56.8 Å². The van der Waals surface area contributed by atoms with Gasteiger partial charge in [0.1, 0.15) is 0 Å². The van der Waals surface area contributed by atoms with Gasteiger partial charge in [-0.1, -0.05) is 6.07 Å². The molecule has 0 aliphatic rings. The molecule has 5 nitrogen and oxygen atoms in total. The van der Waals surface area contributed by atoms with Crippen molar-refractivity contribution in [2.24, 2.45) is 0 Å². The van der Waals surface area contributed by atoms with Crippen molar-refractivity contribution in [3.63, 3.8) is 0 Å². The van der Waals surface area contributed by atoms with Gasteiger partial charge in [-0.15, -0.1) is 0 Å². The van der Waals surface area contributed by atoms with E-state index in [0.29, 0.717) is 18.1 Å². The summed E-state index contributed by atoms with van der Waals surface area (Å²) in [5.74, 6) is 1.21. The van der Waals surface area contributed by atoms with Crippen molar-refractivity contribution in [2.45, 2.75) is 39.3 Å². The second-order valence-electron chi connectivity index (χ2n) is 5.60. The van der Waals surface area contributed by atoms with Crippen LogP contribution < -0.4 is 14.8 Å². The van der Waals surface area contributed by atoms with Crippen LogP contribution in [-0.4, -0.2) is 38.9 Å². The fourth-order valence-electron chi connectivity index (χ4n) is 1.97. The SMILES string of the molecule is COCCC(C)NC(=O)/C=C/c1ccc(OC(C)C)c(OC)c1. The van der Waals surface area contributed by atoms with Gasteiger partial charge < -0.3 is 19.5 Å². The summed E-state index contributed by atoms with van der Waals surface area (Å²) in [5, 5.41) is 2.89. The second-order valence-corrected chi connectivity index (χ2v) is 5.60. The summed E-state index contributed by atoms with van der Waals surface area (Å²) in [6, 6.07) is 5.65. The zero-order valence-electron chi connectivity index (χ0n) is 14.6. The number of carbonyl (C=O) groups excluding carboxylic acids is 1. The number of nitrogens with one attached hydrogen (secondary N) is 1. The van der Waals surface area contributed by atoms with Crippen LogP contribution in [0.15, 0.2) is 24.3 Å². The Labute approximate surface area is 138 Å². The van der Waals surface area contributed by atoms with Crippen LogP contribution in [0.5, 0.6) is 11.5 Å². The molecule has 1 atom stereocenters. The molecule has 5 heteroatoms. The van der Waals surface area contributed by atoms with Crippen LogP contribution in [0.1, 0.15) is 32.8 Å². The minimum absolute atomic E-state index is 0.0726. The molecule has 23 heavy (non-hydrogen) atoms. The largest absolute Gasteiger partial charge is 0.493 e. The molecule has 128 valence electrons. The van der Waals surface area contributed by atoms with Crippen molar-refractivity contribution in [1.82, 2.24) is 5.32 Å². The number of benzene rings is 1. The predicted molar refractivity (Wildman–Crippen MR) is 91.9 cm³/mol. The molecule has 1 unspecified atom stereocenters. The fraction of sp³-hybridized carbons (Fsp3) is 0.500. The lowest BCUT2D eigenvalue weighted by atomic mass is 10.1. The molecule has 0 aliphatic heterocycles. The molecule has 0 saturated carbocycles. The van der Waals surface area contributed by atoms with E-state index in [1.165, 1.54) is 6.08 Å². The minimum Gasteiger partial charge on any atom is -0.493 e. The number of rotatable bonds is 9. The van der Waals surface area contributed by atoms with Crippen molar-refractivity contribution >= 4 is 12.0 Å². The second kappa shape index (κ2) is 9.90. The van der Waals surface area contributed by atoms with Crippen LogP contribution in [0.3, 0.4) is 0 Å². The molecular weight excluding hydrogens is 294 g/mol. The van der Waals surface area contributed by atoms with Gasteiger partial charge in [-0.05, 0) is 51.0 Å². The third-order valence-corrected chi connectivity index (χ3v) is 3.12. The maximum Gasteiger partial charge on any atom is 0.244 e. The van der Waals surface area contributed by atoms with Crippen LogP contribution >= 0.6 is 0 Å². The molecule has 0 aliphatic carbocycles. The molecule has 1 amide bonds. The first kappa shape index (κ1) is 19.0. The molecule has 0 aromatic heterocycles. The standard InChI is InChI=1S/C18H27NO4/c1-13(2)23-16-8-6-15(12-17(16)22-5)7-9-18(20)19-14(3)10-11-21-4/h6-9,12-14H,10-11H2,1-5H3,(H,19,20)/b9-7+. The molecule has 0 heterocycles. The van der Waals surface area contributed by atoms with E-state index >= 15 is 0 Å². The lowest BCUT2D eigenvalue weighted by molar-refractivity contribution is -0.117. The van der Waals surface area contributed by atoms with Gasteiger partial charge in [0.25, 0.3) is 0 Å². The lowest BCUT2D eigenvalue weighted by Crippen LogP contribution is -2.31. The van der Waals surface area contributed by atoms with E-state index < -0.39 is 0 Å². The van der Waals surface area contributed by atoms with E-state index in [2.05, 4.69) is 5.32 Å². The van der Waals surface area contributed by atoms with Crippen LogP contribution in [-0.2, 0) is 9.53 Å². The van der Waals surface area contributed by atoms with Crippen molar-refractivity contribution < 1.29 is 19.0 Å². The third-order valence-electron chi connectivity index (χ3n) is 3.12. The number of hydrogen-bond donors (Lipinski definition) is 1. The highest BCUT2D eigenvalue weighted by Gasteiger charge is 2.07. The van der Waals surface area contributed by atoms with Crippen molar-refractivity contribution in [3.05, 3.63) is 29.8 Å². The number of amides is 1. The summed E-state index contributed by atoms with van der Waals surface area (Å²) < 4.78 is 16.0. The molecule has 1 aromatic carbocycles. The highest BCUT2D eigenvalue weighted by atomic mass is 16.5. The van der Waals surface area contributed by atoms with Crippen LogP contribution in [0.25, 0.3) is 6.08 Å². The summed E-state index contributed by atoms with van der Waals surface area (Å²) >= 11 is 0. The van der Waals surface area contributed by atoms with Gasteiger partial charge in [0.2, 0.25) is 5.91 Å². The third kappa shape index (κ3) is 7.19.